The summed E-state index contributed by atoms with van der Waals surface area (Å²) in [7, 11) is 1.63. The molecule has 0 saturated carbocycles. The van der Waals surface area contributed by atoms with Crippen molar-refractivity contribution in [1.82, 2.24) is 0 Å². The van der Waals surface area contributed by atoms with Crippen molar-refractivity contribution in [2.45, 2.75) is 6.92 Å². The average Bonchev–Trinajstić information content (AvgIpc) is 2.31. The summed E-state index contributed by atoms with van der Waals surface area (Å²) in [5.74, 6) is -0.312. The van der Waals surface area contributed by atoms with Crippen LogP contribution in [-0.4, -0.2) is 31.8 Å². The number of nitrogens with two attached hydrogens (primary N) is 1. The van der Waals surface area contributed by atoms with Gasteiger partial charge in [-0.15, -0.1) is 0 Å². The number of anilines is 1. The smallest absolute Gasteiger partial charge is 0.147 e. The maximum absolute atomic E-state index is 13.9. The van der Waals surface area contributed by atoms with Crippen LogP contribution < -0.4 is 10.6 Å². The van der Waals surface area contributed by atoms with Crippen molar-refractivity contribution in [1.29, 1.82) is 0 Å². The second kappa shape index (κ2) is 6.51. The van der Waals surface area contributed by atoms with Gasteiger partial charge in [0.1, 0.15) is 10.8 Å². The topological polar surface area (TPSA) is 38.5 Å². The number of nitrogens with zero attached hydrogens (tertiary/aromatic N) is 1. The van der Waals surface area contributed by atoms with E-state index in [4.69, 9.17) is 22.7 Å². The normalized spacial score (nSPS) is 10.3. The molecular weight excluding hydrogens is 239 g/mol. The fourth-order valence-corrected chi connectivity index (χ4v) is 1.69. The average molecular weight is 256 g/mol. The molecule has 2 N–H and O–H groups in total. The Labute approximate surface area is 106 Å². The van der Waals surface area contributed by atoms with Gasteiger partial charge in [0.15, 0.2) is 0 Å². The highest BCUT2D eigenvalue weighted by Crippen LogP contribution is 2.20. The van der Waals surface area contributed by atoms with Gasteiger partial charge in [-0.3, -0.25) is 0 Å². The molecule has 1 aromatic rings. The third-order valence-corrected chi connectivity index (χ3v) is 2.76. The van der Waals surface area contributed by atoms with Crippen molar-refractivity contribution in [2.24, 2.45) is 5.73 Å². The van der Waals surface area contributed by atoms with Crippen LogP contribution in [0.25, 0.3) is 0 Å². The van der Waals surface area contributed by atoms with E-state index in [9.17, 15) is 4.39 Å². The first kappa shape index (κ1) is 13.9. The van der Waals surface area contributed by atoms with Gasteiger partial charge in [-0.1, -0.05) is 12.2 Å². The molecule has 0 aromatic heterocycles. The zero-order valence-corrected chi connectivity index (χ0v) is 10.9. The molecule has 0 atom stereocenters. The Balaban J connectivity index is 2.92. The Kier molecular flexibility index (Phi) is 5.31. The number of halogens is 1. The Morgan fingerprint density at radius 1 is 1.53 bits per heavy atom. The zero-order chi connectivity index (χ0) is 12.8. The molecule has 3 nitrogen and oxygen atoms in total. The van der Waals surface area contributed by atoms with E-state index in [2.05, 4.69) is 0 Å². The largest absolute Gasteiger partial charge is 0.389 e. The summed E-state index contributed by atoms with van der Waals surface area (Å²) in [6, 6.07) is 4.80. The lowest BCUT2D eigenvalue weighted by Crippen LogP contribution is -2.27. The van der Waals surface area contributed by atoms with Crippen molar-refractivity contribution < 1.29 is 9.13 Å². The lowest BCUT2D eigenvalue weighted by molar-refractivity contribution is 0.205. The number of benzene rings is 1. The molecule has 0 aliphatic carbocycles. The predicted molar refractivity (Wildman–Crippen MR) is 72.1 cm³/mol. The van der Waals surface area contributed by atoms with Gasteiger partial charge in [-0.05, 0) is 25.1 Å². The van der Waals surface area contributed by atoms with Crippen LogP contribution in [0, 0.1) is 5.82 Å². The Hall–Kier alpha value is -1.20. The van der Waals surface area contributed by atoms with E-state index >= 15 is 0 Å². The van der Waals surface area contributed by atoms with Gasteiger partial charge in [-0.25, -0.2) is 4.39 Å². The van der Waals surface area contributed by atoms with Crippen LogP contribution in [-0.2, 0) is 4.74 Å². The van der Waals surface area contributed by atoms with Crippen LogP contribution in [0.1, 0.15) is 12.5 Å². The van der Waals surface area contributed by atoms with Gasteiger partial charge in [0.2, 0.25) is 0 Å². The summed E-state index contributed by atoms with van der Waals surface area (Å²) in [6.45, 7) is 3.89. The molecular formula is C12H17FN2OS. The first-order valence-electron chi connectivity index (χ1n) is 5.43. The summed E-state index contributed by atoms with van der Waals surface area (Å²) in [4.78, 5) is 2.11. The number of hydrogen-bond acceptors (Lipinski definition) is 3. The molecule has 1 aromatic carbocycles. The lowest BCUT2D eigenvalue weighted by Gasteiger charge is -2.23. The number of likely N-dealkylation sites (N-methyl/N-ethyl adjacent to an activating group) is 1. The minimum absolute atomic E-state index is 0.204. The van der Waals surface area contributed by atoms with Gasteiger partial charge in [-0.2, -0.15) is 0 Å². The summed E-state index contributed by atoms with van der Waals surface area (Å²) in [6.07, 6.45) is 0. The van der Waals surface area contributed by atoms with E-state index in [0.29, 0.717) is 30.9 Å². The van der Waals surface area contributed by atoms with Crippen LogP contribution in [0.3, 0.4) is 0 Å². The molecule has 94 valence electrons. The van der Waals surface area contributed by atoms with Crippen LogP contribution in [0.2, 0.25) is 0 Å². The molecule has 0 aliphatic heterocycles. The van der Waals surface area contributed by atoms with Crippen LogP contribution >= 0.6 is 12.2 Å². The van der Waals surface area contributed by atoms with Crippen molar-refractivity contribution >= 4 is 22.9 Å². The van der Waals surface area contributed by atoms with Gasteiger partial charge in [0, 0.05) is 25.8 Å². The molecule has 0 aliphatic rings. The van der Waals surface area contributed by atoms with Crippen molar-refractivity contribution in [3.8, 4) is 0 Å². The number of thiocarbonyl (C=S) groups is 1. The molecule has 5 heteroatoms. The van der Waals surface area contributed by atoms with E-state index < -0.39 is 0 Å². The van der Waals surface area contributed by atoms with E-state index in [1.165, 1.54) is 6.07 Å². The molecule has 0 saturated heterocycles. The highest BCUT2D eigenvalue weighted by Gasteiger charge is 2.11. The third-order valence-electron chi connectivity index (χ3n) is 2.52. The summed E-state index contributed by atoms with van der Waals surface area (Å²) in [5.41, 5.74) is 6.54. The molecule has 0 spiro atoms. The quantitative estimate of drug-likeness (QED) is 0.789. The monoisotopic (exact) mass is 256 g/mol. The minimum atomic E-state index is -0.312. The molecule has 0 amide bonds. The van der Waals surface area contributed by atoms with Crippen molar-refractivity contribution in [3.05, 3.63) is 29.6 Å². The SMILES string of the molecule is CCN(CCOC)c1ccc(C(N)=S)cc1F. The number of ether oxygens (including phenoxy) is 1. The lowest BCUT2D eigenvalue weighted by atomic mass is 10.2. The molecule has 0 radical (unpaired) electrons. The van der Waals surface area contributed by atoms with Gasteiger partial charge in [0.25, 0.3) is 0 Å². The highest BCUT2D eigenvalue weighted by molar-refractivity contribution is 7.80. The van der Waals surface area contributed by atoms with Crippen LogP contribution in [0.5, 0.6) is 0 Å². The van der Waals surface area contributed by atoms with Gasteiger partial charge >= 0.3 is 0 Å². The first-order chi connectivity index (χ1) is 8.10. The van der Waals surface area contributed by atoms with Crippen molar-refractivity contribution in [3.63, 3.8) is 0 Å². The van der Waals surface area contributed by atoms with Gasteiger partial charge in [0.05, 0.1) is 12.3 Å². The number of rotatable bonds is 6. The standard InChI is InChI=1S/C12H17FN2OS/c1-3-15(6-7-16-2)11-5-4-9(12(14)17)8-10(11)13/h4-5,8H,3,6-7H2,1-2H3,(H2,14,17). The minimum Gasteiger partial charge on any atom is -0.389 e. The van der Waals surface area contributed by atoms with Crippen LogP contribution in [0.15, 0.2) is 18.2 Å². The third kappa shape index (κ3) is 3.64. The van der Waals surface area contributed by atoms with Crippen molar-refractivity contribution in [2.75, 3.05) is 31.7 Å². The molecule has 0 fully saturated rings. The molecule has 0 heterocycles. The summed E-state index contributed by atoms with van der Waals surface area (Å²) < 4.78 is 18.9. The Morgan fingerprint density at radius 2 is 2.24 bits per heavy atom. The van der Waals surface area contributed by atoms with E-state index in [1.54, 1.807) is 19.2 Å². The zero-order valence-electron chi connectivity index (χ0n) is 10.1. The molecule has 0 unspecified atom stereocenters. The second-order valence-corrected chi connectivity index (χ2v) is 4.04. The highest BCUT2D eigenvalue weighted by atomic mass is 32.1. The Bertz CT molecular complexity index is 398. The summed E-state index contributed by atoms with van der Waals surface area (Å²) >= 11 is 4.81. The molecule has 0 bridgehead atoms. The van der Waals surface area contributed by atoms with Gasteiger partial charge < -0.3 is 15.4 Å². The van der Waals surface area contributed by atoms with E-state index in [1.807, 2.05) is 11.8 Å². The second-order valence-electron chi connectivity index (χ2n) is 3.60. The fraction of sp³-hybridized carbons (Fsp3) is 0.417. The maximum Gasteiger partial charge on any atom is 0.147 e. The molecule has 1 rings (SSSR count). The first-order valence-corrected chi connectivity index (χ1v) is 5.84. The van der Waals surface area contributed by atoms with E-state index in [0.717, 1.165) is 0 Å². The number of methoxy groups -OCH3 is 1. The van der Waals surface area contributed by atoms with Crippen LogP contribution in [0.4, 0.5) is 10.1 Å². The fourth-order valence-electron chi connectivity index (χ4n) is 1.57. The Morgan fingerprint density at radius 3 is 2.71 bits per heavy atom. The molecule has 17 heavy (non-hydrogen) atoms. The summed E-state index contributed by atoms with van der Waals surface area (Å²) in [5, 5.41) is 0. The van der Waals surface area contributed by atoms with E-state index in [-0.39, 0.29) is 10.8 Å². The number of hydrogen-bond donors (Lipinski definition) is 1. The predicted octanol–water partition coefficient (Wildman–Crippen LogP) is 1.93. The maximum atomic E-state index is 13.9.